The lowest BCUT2D eigenvalue weighted by molar-refractivity contribution is -0.113. The first-order chi connectivity index (χ1) is 15.3. The number of hydrogen-bond acceptors (Lipinski definition) is 5. The zero-order chi connectivity index (χ0) is 23.3. The minimum absolute atomic E-state index is 0.0331. The lowest BCUT2D eigenvalue weighted by atomic mass is 10.0. The highest BCUT2D eigenvalue weighted by Gasteiger charge is 2.20. The Kier molecular flexibility index (Phi) is 7.63. The minimum Gasteiger partial charge on any atom is -0.342 e. The molecule has 0 saturated heterocycles. The van der Waals surface area contributed by atoms with Crippen LogP contribution in [0.3, 0.4) is 0 Å². The molecule has 1 atom stereocenters. The van der Waals surface area contributed by atoms with Gasteiger partial charge in [0.25, 0.3) is 5.91 Å². The van der Waals surface area contributed by atoms with Gasteiger partial charge in [0.1, 0.15) is 5.82 Å². The highest BCUT2D eigenvalue weighted by molar-refractivity contribution is 7.99. The predicted molar refractivity (Wildman–Crippen MR) is 123 cm³/mol. The fourth-order valence-electron chi connectivity index (χ4n) is 3.09. The molecule has 0 radical (unpaired) electrons. The van der Waals surface area contributed by atoms with E-state index in [4.69, 9.17) is 0 Å². The lowest BCUT2D eigenvalue weighted by Crippen LogP contribution is -2.29. The van der Waals surface area contributed by atoms with Crippen molar-refractivity contribution in [3.8, 4) is 0 Å². The number of aromatic nitrogens is 3. The van der Waals surface area contributed by atoms with Gasteiger partial charge in [-0.2, -0.15) is 0 Å². The van der Waals surface area contributed by atoms with Crippen molar-refractivity contribution in [3.05, 3.63) is 71.3 Å². The Morgan fingerprint density at radius 3 is 2.41 bits per heavy atom. The molecule has 1 aromatic heterocycles. The van der Waals surface area contributed by atoms with Crippen molar-refractivity contribution >= 4 is 29.3 Å². The van der Waals surface area contributed by atoms with Crippen molar-refractivity contribution in [2.24, 2.45) is 7.05 Å². The van der Waals surface area contributed by atoms with Gasteiger partial charge in [0.15, 0.2) is 11.0 Å². The highest BCUT2D eigenvalue weighted by Crippen LogP contribution is 2.21. The summed E-state index contributed by atoms with van der Waals surface area (Å²) in [5.74, 6) is -0.181. The van der Waals surface area contributed by atoms with E-state index in [0.717, 1.165) is 5.69 Å². The summed E-state index contributed by atoms with van der Waals surface area (Å²) in [6, 6.07) is 13.1. The van der Waals surface area contributed by atoms with Crippen molar-refractivity contribution < 1.29 is 14.0 Å². The number of benzene rings is 2. The summed E-state index contributed by atoms with van der Waals surface area (Å²) >= 11 is 1.24. The molecule has 0 aliphatic carbocycles. The van der Waals surface area contributed by atoms with Crippen LogP contribution in [-0.4, -0.2) is 32.3 Å². The largest absolute Gasteiger partial charge is 0.342 e. The van der Waals surface area contributed by atoms with Crippen molar-refractivity contribution in [1.82, 2.24) is 20.1 Å². The van der Waals surface area contributed by atoms with Gasteiger partial charge < -0.3 is 15.2 Å². The van der Waals surface area contributed by atoms with Gasteiger partial charge >= 0.3 is 0 Å². The highest BCUT2D eigenvalue weighted by atomic mass is 32.2. The van der Waals surface area contributed by atoms with E-state index >= 15 is 0 Å². The third-order valence-corrected chi connectivity index (χ3v) is 5.94. The van der Waals surface area contributed by atoms with E-state index in [2.05, 4.69) is 34.7 Å². The van der Waals surface area contributed by atoms with Crippen LogP contribution in [0, 0.1) is 5.82 Å². The number of carbonyl (C=O) groups is 2. The van der Waals surface area contributed by atoms with Crippen LogP contribution in [-0.2, 0) is 11.8 Å². The lowest BCUT2D eigenvalue weighted by Gasteiger charge is -2.14. The number of amides is 2. The van der Waals surface area contributed by atoms with E-state index < -0.39 is 17.8 Å². The van der Waals surface area contributed by atoms with E-state index in [0.29, 0.717) is 16.9 Å². The molecule has 2 N–H and O–H groups in total. The second-order valence-corrected chi connectivity index (χ2v) is 8.63. The van der Waals surface area contributed by atoms with Crippen LogP contribution in [0.4, 0.5) is 10.1 Å². The van der Waals surface area contributed by atoms with E-state index in [-0.39, 0.29) is 17.2 Å². The zero-order valence-electron chi connectivity index (χ0n) is 18.4. The standard InChI is InChI=1S/C23H26FN5O2S/c1-14(2)16-9-11-17(12-10-16)26-20(30)13-32-23-28-27-21(29(23)4)15(3)25-22(31)18-7-5-6-8-19(18)24/h5-12,14-15H,13H2,1-4H3,(H,25,31)(H,26,30). The van der Waals surface area contributed by atoms with Crippen LogP contribution in [0.25, 0.3) is 0 Å². The molecule has 0 bridgehead atoms. The molecular weight excluding hydrogens is 429 g/mol. The summed E-state index contributed by atoms with van der Waals surface area (Å²) in [7, 11) is 1.76. The van der Waals surface area contributed by atoms with Crippen LogP contribution < -0.4 is 10.6 Å². The first-order valence-corrected chi connectivity index (χ1v) is 11.2. The molecule has 0 aliphatic rings. The quantitative estimate of drug-likeness (QED) is 0.495. The average Bonchev–Trinajstić information content (AvgIpc) is 3.13. The van der Waals surface area contributed by atoms with Crippen LogP contribution in [0.1, 0.15) is 54.5 Å². The molecule has 0 fully saturated rings. The first kappa shape index (κ1) is 23.5. The third-order valence-electron chi connectivity index (χ3n) is 4.92. The number of rotatable bonds is 8. The smallest absolute Gasteiger partial charge is 0.254 e. The molecule has 3 rings (SSSR count). The molecule has 2 aromatic carbocycles. The molecule has 9 heteroatoms. The Morgan fingerprint density at radius 1 is 1.06 bits per heavy atom. The zero-order valence-corrected chi connectivity index (χ0v) is 19.2. The summed E-state index contributed by atoms with van der Waals surface area (Å²) in [6.07, 6.45) is 0. The summed E-state index contributed by atoms with van der Waals surface area (Å²) in [4.78, 5) is 24.7. The van der Waals surface area contributed by atoms with Gasteiger partial charge in [-0.05, 0) is 42.7 Å². The molecular formula is C23H26FN5O2S. The number of thioether (sulfide) groups is 1. The molecule has 0 saturated carbocycles. The molecule has 32 heavy (non-hydrogen) atoms. The Balaban J connectivity index is 1.56. The van der Waals surface area contributed by atoms with E-state index in [1.807, 2.05) is 24.3 Å². The Hall–Kier alpha value is -3.20. The van der Waals surface area contributed by atoms with Gasteiger partial charge in [-0.1, -0.05) is 49.9 Å². The van der Waals surface area contributed by atoms with Gasteiger partial charge in [0.2, 0.25) is 5.91 Å². The number of anilines is 1. The summed E-state index contributed by atoms with van der Waals surface area (Å²) in [6.45, 7) is 5.97. The molecule has 7 nitrogen and oxygen atoms in total. The summed E-state index contributed by atoms with van der Waals surface area (Å²) in [5, 5.41) is 14.4. The van der Waals surface area contributed by atoms with Crippen LogP contribution >= 0.6 is 11.8 Å². The van der Waals surface area contributed by atoms with Gasteiger partial charge in [0.05, 0.1) is 17.4 Å². The van der Waals surface area contributed by atoms with Crippen molar-refractivity contribution in [3.63, 3.8) is 0 Å². The minimum atomic E-state index is -0.587. The summed E-state index contributed by atoms with van der Waals surface area (Å²) in [5.41, 5.74) is 1.91. The number of halogens is 1. The third kappa shape index (κ3) is 5.73. The Bertz CT molecular complexity index is 1100. The van der Waals surface area contributed by atoms with Gasteiger partial charge in [-0.3, -0.25) is 9.59 Å². The molecule has 0 aliphatic heterocycles. The van der Waals surface area contributed by atoms with Gasteiger partial charge in [-0.25, -0.2) is 4.39 Å². The fourth-order valence-corrected chi connectivity index (χ4v) is 3.81. The first-order valence-electron chi connectivity index (χ1n) is 10.2. The van der Waals surface area contributed by atoms with Crippen molar-refractivity contribution in [2.75, 3.05) is 11.1 Å². The van der Waals surface area contributed by atoms with E-state index in [9.17, 15) is 14.0 Å². The van der Waals surface area contributed by atoms with E-state index in [1.165, 1.54) is 35.5 Å². The monoisotopic (exact) mass is 455 g/mol. The molecule has 2 amide bonds. The second-order valence-electron chi connectivity index (χ2n) is 7.69. The van der Waals surface area contributed by atoms with Crippen LogP contribution in [0.15, 0.2) is 53.7 Å². The topological polar surface area (TPSA) is 88.9 Å². The predicted octanol–water partition coefficient (Wildman–Crippen LogP) is 4.30. The molecule has 3 aromatic rings. The van der Waals surface area contributed by atoms with Crippen molar-refractivity contribution in [2.45, 2.75) is 37.9 Å². The number of nitrogens with zero attached hydrogens (tertiary/aromatic N) is 3. The molecule has 1 heterocycles. The maximum atomic E-state index is 13.8. The average molecular weight is 456 g/mol. The summed E-state index contributed by atoms with van der Waals surface area (Å²) < 4.78 is 15.5. The van der Waals surface area contributed by atoms with Gasteiger partial charge in [-0.15, -0.1) is 10.2 Å². The maximum Gasteiger partial charge on any atom is 0.254 e. The maximum absolute atomic E-state index is 13.8. The van der Waals surface area contributed by atoms with Crippen LogP contribution in [0.5, 0.6) is 0 Å². The van der Waals surface area contributed by atoms with E-state index in [1.54, 1.807) is 24.6 Å². The fraction of sp³-hybridized carbons (Fsp3) is 0.304. The normalized spacial score (nSPS) is 11.9. The Labute approximate surface area is 190 Å². The SMILES string of the molecule is CC(C)c1ccc(NC(=O)CSc2nnc(C(C)NC(=O)c3ccccc3F)n2C)cc1. The molecule has 168 valence electrons. The number of hydrogen-bond donors (Lipinski definition) is 2. The van der Waals surface area contributed by atoms with Crippen molar-refractivity contribution in [1.29, 1.82) is 0 Å². The van der Waals surface area contributed by atoms with Crippen LogP contribution in [0.2, 0.25) is 0 Å². The number of carbonyl (C=O) groups excluding carboxylic acids is 2. The molecule has 1 unspecified atom stereocenters. The number of nitrogens with one attached hydrogen (secondary N) is 2. The molecule has 0 spiro atoms. The second kappa shape index (κ2) is 10.4. The van der Waals surface area contributed by atoms with Gasteiger partial charge in [0, 0.05) is 12.7 Å². The Morgan fingerprint density at radius 2 is 1.75 bits per heavy atom.